The molecular formula is C19H26FN3O4. The molecule has 0 bridgehead atoms. The fourth-order valence-corrected chi connectivity index (χ4v) is 2.71. The number of benzene rings is 1. The van der Waals surface area contributed by atoms with Crippen LogP contribution in [0.1, 0.15) is 12.0 Å². The van der Waals surface area contributed by atoms with Crippen molar-refractivity contribution in [2.24, 2.45) is 0 Å². The number of amides is 3. The monoisotopic (exact) mass is 379 g/mol. The highest BCUT2D eigenvalue weighted by atomic mass is 19.1. The smallest absolute Gasteiger partial charge is 0.317 e. The molecule has 148 valence electrons. The Hall–Kier alpha value is -2.61. The maximum atomic E-state index is 13.2. The van der Waals surface area contributed by atoms with Crippen molar-refractivity contribution in [1.82, 2.24) is 15.5 Å². The number of likely N-dealkylation sites (tertiary alicyclic amines) is 1. The Morgan fingerprint density at radius 3 is 2.96 bits per heavy atom. The minimum absolute atomic E-state index is 0.0408. The van der Waals surface area contributed by atoms with Crippen LogP contribution in [0.2, 0.25) is 0 Å². The van der Waals surface area contributed by atoms with E-state index in [4.69, 9.17) is 9.47 Å². The first-order valence-electron chi connectivity index (χ1n) is 8.92. The molecule has 0 radical (unpaired) electrons. The number of carbonyl (C=O) groups excluding carboxylic acids is 2. The lowest BCUT2D eigenvalue weighted by molar-refractivity contribution is -0.117. The van der Waals surface area contributed by atoms with Gasteiger partial charge in [-0.1, -0.05) is 12.6 Å². The molecule has 3 amide bonds. The van der Waals surface area contributed by atoms with Crippen molar-refractivity contribution in [1.29, 1.82) is 0 Å². The molecule has 1 atom stereocenters. The number of nitrogens with zero attached hydrogens (tertiary/aromatic N) is 1. The number of nitrogens with one attached hydrogen (secondary N) is 2. The van der Waals surface area contributed by atoms with Gasteiger partial charge in [0.05, 0.1) is 13.2 Å². The van der Waals surface area contributed by atoms with Gasteiger partial charge in [-0.05, 0) is 31.1 Å². The van der Waals surface area contributed by atoms with Gasteiger partial charge in [-0.15, -0.1) is 0 Å². The molecule has 1 aromatic rings. The van der Waals surface area contributed by atoms with Crippen molar-refractivity contribution < 1.29 is 23.5 Å². The van der Waals surface area contributed by atoms with Crippen molar-refractivity contribution in [2.75, 3.05) is 39.5 Å². The lowest BCUT2D eigenvalue weighted by Gasteiger charge is -2.17. The van der Waals surface area contributed by atoms with Crippen LogP contribution in [0, 0.1) is 12.7 Å². The summed E-state index contributed by atoms with van der Waals surface area (Å²) in [5, 5.41) is 5.56. The molecule has 27 heavy (non-hydrogen) atoms. The summed E-state index contributed by atoms with van der Waals surface area (Å²) < 4.78 is 24.0. The predicted molar refractivity (Wildman–Crippen MR) is 99.2 cm³/mol. The van der Waals surface area contributed by atoms with E-state index in [1.807, 2.05) is 6.92 Å². The van der Waals surface area contributed by atoms with Gasteiger partial charge >= 0.3 is 6.03 Å². The zero-order valence-electron chi connectivity index (χ0n) is 15.5. The van der Waals surface area contributed by atoms with Crippen molar-refractivity contribution in [3.63, 3.8) is 0 Å². The number of aryl methyl sites for hydroxylation is 1. The van der Waals surface area contributed by atoms with Crippen LogP contribution in [0.4, 0.5) is 9.18 Å². The molecule has 1 unspecified atom stereocenters. The minimum Gasteiger partial charge on any atom is -0.491 e. The topological polar surface area (TPSA) is 79.9 Å². The van der Waals surface area contributed by atoms with E-state index >= 15 is 0 Å². The highest BCUT2D eigenvalue weighted by Gasteiger charge is 2.26. The molecule has 0 spiro atoms. The molecule has 1 fully saturated rings. The molecule has 1 heterocycles. The predicted octanol–water partition coefficient (Wildman–Crippen LogP) is 1.62. The number of urea groups is 1. The molecule has 0 aromatic heterocycles. The Bertz CT molecular complexity index is 668. The number of carbonyl (C=O) groups is 2. The summed E-state index contributed by atoms with van der Waals surface area (Å²) in [6, 6.07) is 4.17. The van der Waals surface area contributed by atoms with E-state index in [1.54, 1.807) is 11.0 Å². The molecule has 0 aliphatic carbocycles. The second-order valence-corrected chi connectivity index (χ2v) is 6.25. The Labute approximate surface area is 158 Å². The Morgan fingerprint density at radius 2 is 2.19 bits per heavy atom. The molecule has 7 nitrogen and oxygen atoms in total. The van der Waals surface area contributed by atoms with Gasteiger partial charge in [0.1, 0.15) is 18.2 Å². The molecule has 0 saturated carbocycles. The average molecular weight is 379 g/mol. The molecule has 2 N–H and O–H groups in total. The number of hydrogen-bond acceptors (Lipinski definition) is 4. The highest BCUT2D eigenvalue weighted by molar-refractivity contribution is 5.87. The highest BCUT2D eigenvalue weighted by Crippen LogP contribution is 2.18. The third kappa shape index (κ3) is 6.90. The third-order valence-electron chi connectivity index (χ3n) is 4.17. The van der Waals surface area contributed by atoms with E-state index in [1.165, 1.54) is 18.2 Å². The normalized spacial score (nSPS) is 16.1. The lowest BCUT2D eigenvalue weighted by Crippen LogP contribution is -2.42. The summed E-state index contributed by atoms with van der Waals surface area (Å²) in [5.74, 6) is -0.0715. The Kier molecular flexibility index (Phi) is 8.06. The largest absolute Gasteiger partial charge is 0.491 e. The van der Waals surface area contributed by atoms with Gasteiger partial charge in [0.2, 0.25) is 5.91 Å². The summed E-state index contributed by atoms with van der Waals surface area (Å²) in [6.45, 7) is 7.69. The second kappa shape index (κ2) is 10.5. The fraction of sp³-hybridized carbons (Fsp3) is 0.474. The van der Waals surface area contributed by atoms with Crippen LogP contribution in [-0.2, 0) is 9.53 Å². The van der Waals surface area contributed by atoms with E-state index < -0.39 is 0 Å². The molecule has 1 aliphatic heterocycles. The van der Waals surface area contributed by atoms with Gasteiger partial charge in [-0.25, -0.2) is 9.18 Å². The Morgan fingerprint density at radius 1 is 1.37 bits per heavy atom. The maximum Gasteiger partial charge on any atom is 0.317 e. The number of rotatable bonds is 9. The SMILES string of the molecule is C=CC(=O)NC1CCN(C(=O)NCCOCCOc2cc(F)ccc2C)C1. The number of halogens is 1. The van der Waals surface area contributed by atoms with Gasteiger partial charge in [0.15, 0.2) is 0 Å². The van der Waals surface area contributed by atoms with Gasteiger partial charge < -0.3 is 25.0 Å². The Balaban J connectivity index is 1.54. The van der Waals surface area contributed by atoms with Crippen LogP contribution >= 0.6 is 0 Å². The van der Waals surface area contributed by atoms with Crippen LogP contribution in [0.25, 0.3) is 0 Å². The van der Waals surface area contributed by atoms with Crippen molar-refractivity contribution in [3.05, 3.63) is 42.2 Å². The van der Waals surface area contributed by atoms with Gasteiger partial charge in [-0.2, -0.15) is 0 Å². The summed E-state index contributed by atoms with van der Waals surface area (Å²) in [4.78, 5) is 25.0. The van der Waals surface area contributed by atoms with E-state index in [2.05, 4.69) is 17.2 Å². The number of hydrogen-bond donors (Lipinski definition) is 2. The standard InChI is InChI=1S/C19H26FN3O4/c1-3-18(24)22-16-6-8-23(13-16)19(25)21-7-9-26-10-11-27-17-12-15(20)5-4-14(17)2/h3-5,12,16H,1,6-11,13H2,2H3,(H,21,25)(H,22,24). The molecule has 2 rings (SSSR count). The third-order valence-corrected chi connectivity index (χ3v) is 4.17. The van der Waals surface area contributed by atoms with E-state index in [9.17, 15) is 14.0 Å². The maximum absolute atomic E-state index is 13.2. The zero-order chi connectivity index (χ0) is 19.6. The van der Waals surface area contributed by atoms with Crippen molar-refractivity contribution in [3.8, 4) is 5.75 Å². The molecule has 1 aliphatic rings. The van der Waals surface area contributed by atoms with Crippen molar-refractivity contribution in [2.45, 2.75) is 19.4 Å². The quantitative estimate of drug-likeness (QED) is 0.505. The van der Waals surface area contributed by atoms with E-state index in [0.29, 0.717) is 45.2 Å². The summed E-state index contributed by atoms with van der Waals surface area (Å²) in [7, 11) is 0. The lowest BCUT2D eigenvalue weighted by atomic mass is 10.2. The first-order chi connectivity index (χ1) is 13.0. The minimum atomic E-state index is -0.340. The van der Waals surface area contributed by atoms with Crippen LogP contribution < -0.4 is 15.4 Å². The van der Waals surface area contributed by atoms with Gasteiger partial charge in [0.25, 0.3) is 0 Å². The zero-order valence-corrected chi connectivity index (χ0v) is 15.5. The summed E-state index contributed by atoms with van der Waals surface area (Å²) >= 11 is 0. The first-order valence-corrected chi connectivity index (χ1v) is 8.92. The first kappa shape index (κ1) is 20.7. The number of ether oxygens (including phenoxy) is 2. The van der Waals surface area contributed by atoms with Gasteiger partial charge in [0, 0.05) is 31.7 Å². The van der Waals surface area contributed by atoms with Crippen LogP contribution in [0.15, 0.2) is 30.9 Å². The molecule has 1 saturated heterocycles. The summed E-state index contributed by atoms with van der Waals surface area (Å²) in [5.41, 5.74) is 0.858. The summed E-state index contributed by atoms with van der Waals surface area (Å²) in [6.07, 6.45) is 1.94. The fourth-order valence-electron chi connectivity index (χ4n) is 2.71. The molecule has 1 aromatic carbocycles. The van der Waals surface area contributed by atoms with Crippen LogP contribution in [0.5, 0.6) is 5.75 Å². The molecule has 8 heteroatoms. The van der Waals surface area contributed by atoms with Crippen molar-refractivity contribution >= 4 is 11.9 Å². The van der Waals surface area contributed by atoms with E-state index in [0.717, 1.165) is 12.0 Å². The second-order valence-electron chi connectivity index (χ2n) is 6.25. The van der Waals surface area contributed by atoms with Gasteiger partial charge in [-0.3, -0.25) is 4.79 Å². The van der Waals surface area contributed by atoms with E-state index in [-0.39, 0.29) is 23.8 Å². The molecular weight excluding hydrogens is 353 g/mol. The van der Waals surface area contributed by atoms with Crippen LogP contribution in [0.3, 0.4) is 0 Å². The average Bonchev–Trinajstić information content (AvgIpc) is 3.11. The van der Waals surface area contributed by atoms with Crippen LogP contribution in [-0.4, -0.2) is 62.3 Å².